The Morgan fingerprint density at radius 3 is 2.26 bits per heavy atom. The zero-order valence-corrected chi connectivity index (χ0v) is 20.6. The van der Waals surface area contributed by atoms with Gasteiger partial charge in [-0.1, -0.05) is 49.4 Å². The lowest BCUT2D eigenvalue weighted by molar-refractivity contribution is -0.138. The van der Waals surface area contributed by atoms with E-state index < -0.39 is 0 Å². The number of piperidine rings is 1. The van der Waals surface area contributed by atoms with Crippen molar-refractivity contribution in [3.05, 3.63) is 60.2 Å². The largest absolute Gasteiger partial charge is 0.486 e. The molecule has 3 aliphatic heterocycles. The normalized spacial score (nSPS) is 21.4. The van der Waals surface area contributed by atoms with Crippen LogP contribution in [0.25, 0.3) is 0 Å². The molecule has 0 spiro atoms. The number of rotatable bonds is 4. The van der Waals surface area contributed by atoms with Crippen LogP contribution in [0.15, 0.2) is 54.6 Å². The third-order valence-corrected chi connectivity index (χ3v) is 7.57. The van der Waals surface area contributed by atoms with Crippen molar-refractivity contribution in [2.45, 2.75) is 38.8 Å². The molecule has 2 fully saturated rings. The number of amides is 3. The molecule has 2 aromatic carbocycles. The molecule has 0 aliphatic carbocycles. The van der Waals surface area contributed by atoms with E-state index in [-0.39, 0.29) is 24.0 Å². The van der Waals surface area contributed by atoms with Crippen molar-refractivity contribution < 1.29 is 14.3 Å². The van der Waals surface area contributed by atoms with Crippen LogP contribution >= 0.6 is 0 Å². The van der Waals surface area contributed by atoms with Gasteiger partial charge in [-0.25, -0.2) is 4.79 Å². The minimum atomic E-state index is 0.00789. The summed E-state index contributed by atoms with van der Waals surface area (Å²) in [7, 11) is 0. The molecule has 3 amide bonds. The number of para-hydroxylation sites is 2. The van der Waals surface area contributed by atoms with E-state index in [1.165, 1.54) is 5.56 Å². The summed E-state index contributed by atoms with van der Waals surface area (Å²) in [5.74, 6) is 1.05. The molecule has 5 rings (SSSR count). The quantitative estimate of drug-likeness (QED) is 0.673. The minimum Gasteiger partial charge on any atom is -0.486 e. The van der Waals surface area contributed by atoms with Crippen molar-refractivity contribution in [1.29, 1.82) is 0 Å². The van der Waals surface area contributed by atoms with Gasteiger partial charge in [0.05, 0.1) is 12.2 Å². The number of carbonyl (C=O) groups is 2. The number of carbonyl (C=O) groups excluding carboxylic acids is 2. The van der Waals surface area contributed by atoms with Gasteiger partial charge in [-0.15, -0.1) is 0 Å². The van der Waals surface area contributed by atoms with Crippen LogP contribution < -0.4 is 9.64 Å². The Kier molecular flexibility index (Phi) is 7.23. The Morgan fingerprint density at radius 2 is 1.54 bits per heavy atom. The zero-order chi connectivity index (χ0) is 24.2. The Bertz CT molecular complexity index is 1010. The van der Waals surface area contributed by atoms with Crippen LogP contribution in [0.2, 0.25) is 0 Å². The minimum absolute atomic E-state index is 0.00789. The van der Waals surface area contributed by atoms with Crippen LogP contribution in [-0.4, -0.2) is 78.6 Å². The van der Waals surface area contributed by atoms with Gasteiger partial charge < -0.3 is 14.5 Å². The van der Waals surface area contributed by atoms with E-state index in [9.17, 15) is 9.59 Å². The molecule has 0 bridgehead atoms. The molecule has 2 saturated heterocycles. The molecular weight excluding hydrogens is 440 g/mol. The highest BCUT2D eigenvalue weighted by molar-refractivity contribution is 5.94. The van der Waals surface area contributed by atoms with E-state index in [2.05, 4.69) is 36.1 Å². The predicted octanol–water partition coefficient (Wildman–Crippen LogP) is 3.84. The number of ether oxygens (including phenoxy) is 1. The summed E-state index contributed by atoms with van der Waals surface area (Å²) < 4.78 is 6.04. The molecule has 7 nitrogen and oxygen atoms in total. The fraction of sp³-hybridized carbons (Fsp3) is 0.500. The molecule has 35 heavy (non-hydrogen) atoms. The van der Waals surface area contributed by atoms with Crippen LogP contribution in [0.5, 0.6) is 5.75 Å². The highest BCUT2D eigenvalue weighted by Gasteiger charge is 2.35. The van der Waals surface area contributed by atoms with Crippen molar-refractivity contribution in [3.63, 3.8) is 0 Å². The Balaban J connectivity index is 1.12. The molecule has 7 heteroatoms. The van der Waals surface area contributed by atoms with Gasteiger partial charge in [0.15, 0.2) is 0 Å². The van der Waals surface area contributed by atoms with E-state index in [4.69, 9.17) is 4.74 Å². The first kappa shape index (κ1) is 23.7. The molecule has 3 aliphatic rings. The van der Waals surface area contributed by atoms with Crippen molar-refractivity contribution in [2.24, 2.45) is 5.92 Å². The van der Waals surface area contributed by atoms with Crippen molar-refractivity contribution >= 4 is 17.6 Å². The number of fused-ring (bicyclic) bond motifs is 1. The highest BCUT2D eigenvalue weighted by Crippen LogP contribution is 2.35. The van der Waals surface area contributed by atoms with Crippen molar-refractivity contribution in [1.82, 2.24) is 14.7 Å². The average Bonchev–Trinajstić information content (AvgIpc) is 2.92. The van der Waals surface area contributed by atoms with Crippen LogP contribution in [0.1, 0.15) is 31.7 Å². The smallest absolute Gasteiger partial charge is 0.324 e. The Labute approximate surface area is 208 Å². The maximum Gasteiger partial charge on any atom is 0.324 e. The molecule has 1 atom stereocenters. The average molecular weight is 477 g/mol. The van der Waals surface area contributed by atoms with Crippen LogP contribution in [-0.2, 0) is 11.3 Å². The number of benzene rings is 2. The predicted molar refractivity (Wildman–Crippen MR) is 136 cm³/mol. The first-order chi connectivity index (χ1) is 17.1. The monoisotopic (exact) mass is 476 g/mol. The SMILES string of the molecule is CCC1CN(C(=O)N2CCC(C(=O)N3CCN(Cc4ccccc4)CC3)CC2)c2ccccc2O1. The number of piperazine rings is 1. The van der Waals surface area contributed by atoms with E-state index >= 15 is 0 Å². The first-order valence-electron chi connectivity index (χ1n) is 13.0. The summed E-state index contributed by atoms with van der Waals surface area (Å²) in [5.41, 5.74) is 2.16. The van der Waals surface area contributed by atoms with Gasteiger partial charge in [0.1, 0.15) is 11.9 Å². The van der Waals surface area contributed by atoms with Gasteiger partial charge >= 0.3 is 6.03 Å². The van der Waals surface area contributed by atoms with Gasteiger partial charge in [-0.3, -0.25) is 14.6 Å². The lowest BCUT2D eigenvalue weighted by atomic mass is 9.95. The maximum atomic E-state index is 13.4. The van der Waals surface area contributed by atoms with Gasteiger partial charge in [-0.05, 0) is 37.0 Å². The fourth-order valence-electron chi connectivity index (χ4n) is 5.41. The topological polar surface area (TPSA) is 56.3 Å². The van der Waals surface area contributed by atoms with Crippen LogP contribution in [0.3, 0.4) is 0 Å². The van der Waals surface area contributed by atoms with Crippen LogP contribution in [0.4, 0.5) is 10.5 Å². The summed E-state index contributed by atoms with van der Waals surface area (Å²) in [6.07, 6.45) is 2.33. The molecule has 186 valence electrons. The van der Waals surface area contributed by atoms with E-state index in [1.807, 2.05) is 45.0 Å². The zero-order valence-electron chi connectivity index (χ0n) is 20.6. The van der Waals surface area contributed by atoms with Gasteiger partial charge in [-0.2, -0.15) is 0 Å². The fourth-order valence-corrected chi connectivity index (χ4v) is 5.41. The number of hydrogen-bond acceptors (Lipinski definition) is 4. The molecule has 0 saturated carbocycles. The van der Waals surface area contributed by atoms with Gasteiger partial charge in [0, 0.05) is 51.7 Å². The lowest BCUT2D eigenvalue weighted by Crippen LogP contribution is -2.54. The number of anilines is 1. The summed E-state index contributed by atoms with van der Waals surface area (Å²) >= 11 is 0. The molecule has 0 radical (unpaired) electrons. The molecule has 3 heterocycles. The van der Waals surface area contributed by atoms with E-state index in [0.717, 1.165) is 63.4 Å². The number of hydrogen-bond donors (Lipinski definition) is 0. The molecule has 0 aromatic heterocycles. The summed E-state index contributed by atoms with van der Waals surface area (Å²) in [6.45, 7) is 8.23. The molecule has 1 unspecified atom stereocenters. The van der Waals surface area contributed by atoms with Crippen LogP contribution in [0, 0.1) is 5.92 Å². The second-order valence-electron chi connectivity index (χ2n) is 9.86. The lowest BCUT2D eigenvalue weighted by Gasteiger charge is -2.41. The first-order valence-corrected chi connectivity index (χ1v) is 13.0. The third-order valence-electron chi connectivity index (χ3n) is 7.57. The third kappa shape index (κ3) is 5.30. The van der Waals surface area contributed by atoms with Gasteiger partial charge in [0.25, 0.3) is 0 Å². The van der Waals surface area contributed by atoms with Crippen molar-refractivity contribution in [2.75, 3.05) is 50.7 Å². The number of nitrogens with zero attached hydrogens (tertiary/aromatic N) is 4. The second-order valence-corrected chi connectivity index (χ2v) is 9.86. The molecule has 0 N–H and O–H groups in total. The van der Waals surface area contributed by atoms with E-state index in [0.29, 0.717) is 19.6 Å². The maximum absolute atomic E-state index is 13.4. The van der Waals surface area contributed by atoms with E-state index in [1.54, 1.807) is 0 Å². The Hall–Kier alpha value is -3.06. The van der Waals surface area contributed by atoms with Crippen molar-refractivity contribution in [3.8, 4) is 5.75 Å². The highest BCUT2D eigenvalue weighted by atomic mass is 16.5. The second kappa shape index (κ2) is 10.7. The summed E-state index contributed by atoms with van der Waals surface area (Å²) in [5, 5.41) is 0. The molecular formula is C28H36N4O3. The number of urea groups is 1. The van der Waals surface area contributed by atoms with Gasteiger partial charge in [0.2, 0.25) is 5.91 Å². The number of likely N-dealkylation sites (tertiary alicyclic amines) is 1. The Morgan fingerprint density at radius 1 is 0.857 bits per heavy atom. The summed E-state index contributed by atoms with van der Waals surface area (Å²) in [6, 6.07) is 18.3. The summed E-state index contributed by atoms with van der Waals surface area (Å²) in [4.78, 5) is 34.9. The standard InChI is InChI=1S/C28H36N4O3/c1-2-24-21-32(25-10-6-7-11-26(25)35-24)28(34)31-14-12-23(13-15-31)27(33)30-18-16-29(17-19-30)20-22-8-4-3-5-9-22/h3-11,23-24H,2,12-21H2,1H3. The molecule has 2 aromatic rings.